The molecule has 2 aromatic rings. The highest BCUT2D eigenvalue weighted by Gasteiger charge is 2.35. The summed E-state index contributed by atoms with van der Waals surface area (Å²) in [4.78, 5) is 35.1. The Morgan fingerprint density at radius 3 is 2.59 bits per heavy atom. The zero-order chi connectivity index (χ0) is 18.8. The fraction of sp³-hybridized carbons (Fsp3) is 0.500. The molecule has 1 amide bonds. The maximum atomic E-state index is 13.6. The van der Waals surface area contributed by atoms with Gasteiger partial charge in [-0.05, 0) is 37.7 Å². The summed E-state index contributed by atoms with van der Waals surface area (Å²) < 4.78 is 0. The van der Waals surface area contributed by atoms with Gasteiger partial charge in [0.2, 0.25) is 5.91 Å². The van der Waals surface area contributed by atoms with Crippen LogP contribution in [0.3, 0.4) is 0 Å². The number of amides is 1. The zero-order valence-corrected chi connectivity index (χ0v) is 15.9. The average Bonchev–Trinajstić information content (AvgIpc) is 3.09. The van der Waals surface area contributed by atoms with Gasteiger partial charge in [0.1, 0.15) is 5.82 Å². The van der Waals surface area contributed by atoms with Crippen LogP contribution >= 0.6 is 0 Å². The zero-order valence-electron chi connectivity index (χ0n) is 15.9. The minimum absolute atomic E-state index is 0.0535. The average molecular weight is 365 g/mol. The second-order valence-electron chi connectivity index (χ2n) is 7.83. The second kappa shape index (κ2) is 7.67. The lowest BCUT2D eigenvalue weighted by atomic mass is 9.83. The lowest BCUT2D eigenvalue weighted by Gasteiger charge is -2.30. The van der Waals surface area contributed by atoms with Gasteiger partial charge in [-0.25, -0.2) is 4.98 Å². The lowest BCUT2D eigenvalue weighted by molar-refractivity contribution is -0.134. The highest BCUT2D eigenvalue weighted by atomic mass is 16.2. The van der Waals surface area contributed by atoms with Gasteiger partial charge in [0.05, 0.1) is 11.6 Å². The number of nitrogens with one attached hydrogen (secondary N) is 1. The number of aryl methyl sites for hydroxylation is 1. The Morgan fingerprint density at radius 1 is 1.15 bits per heavy atom. The van der Waals surface area contributed by atoms with Crippen LogP contribution in [0.25, 0.3) is 0 Å². The van der Waals surface area contributed by atoms with E-state index in [1.807, 2.05) is 23.1 Å². The number of carbonyl (C=O) groups is 1. The van der Waals surface area contributed by atoms with Crippen LogP contribution in [0.2, 0.25) is 0 Å². The van der Waals surface area contributed by atoms with Crippen molar-refractivity contribution in [3.63, 3.8) is 0 Å². The first-order chi connectivity index (χ1) is 13.1. The van der Waals surface area contributed by atoms with Crippen molar-refractivity contribution < 1.29 is 4.79 Å². The van der Waals surface area contributed by atoms with E-state index >= 15 is 0 Å². The summed E-state index contributed by atoms with van der Waals surface area (Å²) in [7, 11) is 0. The Morgan fingerprint density at radius 2 is 1.85 bits per heavy atom. The molecule has 4 rings (SSSR count). The molecule has 1 saturated carbocycles. The molecule has 1 fully saturated rings. The van der Waals surface area contributed by atoms with E-state index in [9.17, 15) is 9.59 Å². The first-order valence-corrected chi connectivity index (χ1v) is 10.1. The number of benzene rings is 1. The molecule has 2 aliphatic rings. The van der Waals surface area contributed by atoms with Crippen LogP contribution in [0, 0.1) is 12.8 Å². The SMILES string of the molecule is Cc1nc2c(c(=O)[nH]1)CCN(C(=O)[C@H](c1ccccc1)C1CCCC1)CC2. The summed E-state index contributed by atoms with van der Waals surface area (Å²) in [5.41, 5.74) is 2.67. The van der Waals surface area contributed by atoms with Gasteiger partial charge in [-0.15, -0.1) is 0 Å². The Labute approximate surface area is 159 Å². The van der Waals surface area contributed by atoms with Crippen LogP contribution in [0.15, 0.2) is 35.1 Å². The Balaban J connectivity index is 1.59. The largest absolute Gasteiger partial charge is 0.341 e. The Bertz CT molecular complexity index is 869. The fourth-order valence-electron chi connectivity index (χ4n) is 4.72. The smallest absolute Gasteiger partial charge is 0.254 e. The molecule has 1 aliphatic heterocycles. The number of H-pyrrole nitrogens is 1. The molecule has 0 bridgehead atoms. The van der Waals surface area contributed by atoms with E-state index < -0.39 is 0 Å². The molecule has 0 unspecified atom stereocenters. The summed E-state index contributed by atoms with van der Waals surface area (Å²) >= 11 is 0. The second-order valence-corrected chi connectivity index (χ2v) is 7.83. The number of nitrogens with zero attached hydrogens (tertiary/aromatic N) is 2. The third-order valence-electron chi connectivity index (χ3n) is 6.08. The molecule has 5 heteroatoms. The minimum Gasteiger partial charge on any atom is -0.341 e. The number of aromatic amines is 1. The van der Waals surface area contributed by atoms with Crippen molar-refractivity contribution in [3.8, 4) is 0 Å². The van der Waals surface area contributed by atoms with E-state index in [0.717, 1.165) is 29.7 Å². The standard InChI is InChI=1S/C22H27N3O2/c1-15-23-19-12-14-25(13-11-18(19)21(26)24-15)22(27)20(17-9-5-6-10-17)16-7-3-2-4-8-16/h2-4,7-8,17,20H,5-6,9-14H2,1H3,(H,23,24,26)/t20-/m1/s1. The molecule has 142 valence electrons. The van der Waals surface area contributed by atoms with Gasteiger partial charge in [0.25, 0.3) is 5.56 Å². The van der Waals surface area contributed by atoms with E-state index in [-0.39, 0.29) is 17.4 Å². The summed E-state index contributed by atoms with van der Waals surface area (Å²) in [6, 6.07) is 10.2. The van der Waals surface area contributed by atoms with Crippen molar-refractivity contribution in [2.45, 2.75) is 51.4 Å². The third kappa shape index (κ3) is 3.68. The minimum atomic E-state index is -0.0668. The van der Waals surface area contributed by atoms with Gasteiger partial charge in [0.15, 0.2) is 0 Å². The van der Waals surface area contributed by atoms with Crippen LogP contribution in [0.5, 0.6) is 0 Å². The van der Waals surface area contributed by atoms with Crippen LogP contribution in [-0.2, 0) is 17.6 Å². The molecule has 1 aliphatic carbocycles. The summed E-state index contributed by atoms with van der Waals surface area (Å²) in [5, 5.41) is 0. The fourth-order valence-corrected chi connectivity index (χ4v) is 4.72. The van der Waals surface area contributed by atoms with E-state index in [4.69, 9.17) is 0 Å². The maximum absolute atomic E-state index is 13.6. The Hall–Kier alpha value is -2.43. The molecular formula is C22H27N3O2. The van der Waals surface area contributed by atoms with Crippen molar-refractivity contribution in [3.05, 3.63) is 63.3 Å². The van der Waals surface area contributed by atoms with Gasteiger partial charge >= 0.3 is 0 Å². The Kier molecular flexibility index (Phi) is 5.10. The number of fused-ring (bicyclic) bond motifs is 1. The number of rotatable bonds is 3. The highest BCUT2D eigenvalue weighted by molar-refractivity contribution is 5.84. The first kappa shape index (κ1) is 18.0. The molecular weight excluding hydrogens is 338 g/mol. The van der Waals surface area contributed by atoms with Gasteiger partial charge in [-0.2, -0.15) is 0 Å². The predicted octanol–water partition coefficient (Wildman–Crippen LogP) is 2.98. The van der Waals surface area contributed by atoms with E-state index in [1.165, 1.54) is 12.8 Å². The summed E-state index contributed by atoms with van der Waals surface area (Å²) in [6.07, 6.45) is 5.91. The van der Waals surface area contributed by atoms with Crippen molar-refractivity contribution in [2.24, 2.45) is 5.92 Å². The van der Waals surface area contributed by atoms with Crippen LogP contribution < -0.4 is 5.56 Å². The molecule has 1 aromatic carbocycles. The van der Waals surface area contributed by atoms with Crippen LogP contribution in [0.4, 0.5) is 0 Å². The van der Waals surface area contributed by atoms with Crippen molar-refractivity contribution >= 4 is 5.91 Å². The predicted molar refractivity (Wildman–Crippen MR) is 105 cm³/mol. The third-order valence-corrected chi connectivity index (χ3v) is 6.08. The van der Waals surface area contributed by atoms with E-state index in [0.29, 0.717) is 37.7 Å². The number of carbonyl (C=O) groups excluding carboxylic acids is 1. The monoisotopic (exact) mass is 365 g/mol. The molecule has 1 atom stereocenters. The van der Waals surface area contributed by atoms with Gasteiger partial charge in [-0.3, -0.25) is 9.59 Å². The van der Waals surface area contributed by atoms with E-state index in [2.05, 4.69) is 22.1 Å². The van der Waals surface area contributed by atoms with Gasteiger partial charge in [-0.1, -0.05) is 43.2 Å². The van der Waals surface area contributed by atoms with Crippen molar-refractivity contribution in [2.75, 3.05) is 13.1 Å². The highest BCUT2D eigenvalue weighted by Crippen LogP contribution is 2.38. The lowest BCUT2D eigenvalue weighted by Crippen LogP contribution is -2.39. The van der Waals surface area contributed by atoms with Gasteiger partial charge < -0.3 is 9.88 Å². The maximum Gasteiger partial charge on any atom is 0.254 e. The number of hydrogen-bond acceptors (Lipinski definition) is 3. The van der Waals surface area contributed by atoms with Crippen LogP contribution in [0.1, 0.15) is 54.2 Å². The molecule has 1 N–H and O–H groups in total. The van der Waals surface area contributed by atoms with Gasteiger partial charge in [0, 0.05) is 25.1 Å². The molecule has 5 nitrogen and oxygen atoms in total. The molecule has 1 aromatic heterocycles. The first-order valence-electron chi connectivity index (χ1n) is 10.1. The van der Waals surface area contributed by atoms with Crippen molar-refractivity contribution in [1.82, 2.24) is 14.9 Å². The topological polar surface area (TPSA) is 66.1 Å². The molecule has 2 heterocycles. The number of hydrogen-bond donors (Lipinski definition) is 1. The summed E-state index contributed by atoms with van der Waals surface area (Å²) in [6.45, 7) is 3.04. The molecule has 27 heavy (non-hydrogen) atoms. The normalized spacial score (nSPS) is 18.8. The number of aromatic nitrogens is 2. The van der Waals surface area contributed by atoms with E-state index in [1.54, 1.807) is 6.92 Å². The summed E-state index contributed by atoms with van der Waals surface area (Å²) in [5.74, 6) is 1.22. The quantitative estimate of drug-likeness (QED) is 0.909. The molecule has 0 spiro atoms. The van der Waals surface area contributed by atoms with Crippen LogP contribution in [-0.4, -0.2) is 33.9 Å². The van der Waals surface area contributed by atoms with Crippen molar-refractivity contribution in [1.29, 1.82) is 0 Å². The molecule has 0 saturated heterocycles. The molecule has 0 radical (unpaired) electrons.